The second-order valence-electron chi connectivity index (χ2n) is 6.52. The number of ether oxygens (including phenoxy) is 1. The molecule has 0 saturated heterocycles. The fraction of sp³-hybridized carbons (Fsp3) is 0.100. The number of aromatic nitrogens is 3. The lowest BCUT2D eigenvalue weighted by atomic mass is 10.2. The number of fused-ring (bicyclic) bond motifs is 1. The van der Waals surface area contributed by atoms with Crippen molar-refractivity contribution in [2.24, 2.45) is 0 Å². The maximum atomic E-state index is 12.0. The van der Waals surface area contributed by atoms with E-state index in [0.717, 1.165) is 22.1 Å². The summed E-state index contributed by atoms with van der Waals surface area (Å²) in [5, 5.41) is 15.0. The summed E-state index contributed by atoms with van der Waals surface area (Å²) in [6.45, 7) is 1.65. The van der Waals surface area contributed by atoms with Crippen LogP contribution in [0.15, 0.2) is 54.9 Å². The van der Waals surface area contributed by atoms with Crippen LogP contribution in [0.2, 0.25) is 0 Å². The van der Waals surface area contributed by atoms with Crippen LogP contribution in [0.5, 0.6) is 5.75 Å². The van der Waals surface area contributed by atoms with Gasteiger partial charge in [0.05, 0.1) is 15.1 Å². The number of carbonyl (C=O) groups is 1. The Kier molecular flexibility index (Phi) is 6.03. The number of para-hydroxylation sites is 2. The van der Waals surface area contributed by atoms with Crippen molar-refractivity contribution in [2.45, 2.75) is 6.92 Å². The molecule has 4 rings (SSSR count). The van der Waals surface area contributed by atoms with Crippen molar-refractivity contribution < 1.29 is 14.5 Å². The Bertz CT molecular complexity index is 1280. The van der Waals surface area contributed by atoms with E-state index in [4.69, 9.17) is 4.74 Å². The number of nitrogens with zero attached hydrogens (tertiary/aromatic N) is 4. The second kappa shape index (κ2) is 9.22. The molecule has 3 N–H and O–H groups in total. The van der Waals surface area contributed by atoms with E-state index in [9.17, 15) is 14.9 Å². The summed E-state index contributed by atoms with van der Waals surface area (Å²) in [6, 6.07) is 14.6. The molecule has 4 aromatic rings. The first-order valence-electron chi connectivity index (χ1n) is 9.36. The molecule has 32 heavy (non-hydrogen) atoms. The largest absolute Gasteiger partial charge is 0.484 e. The minimum absolute atomic E-state index is 0.0565. The van der Waals surface area contributed by atoms with Crippen molar-refractivity contribution in [1.29, 1.82) is 0 Å². The van der Waals surface area contributed by atoms with Crippen molar-refractivity contribution in [3.8, 4) is 5.75 Å². The van der Waals surface area contributed by atoms with Crippen LogP contribution in [0, 0.1) is 17.0 Å². The molecule has 0 fully saturated rings. The van der Waals surface area contributed by atoms with E-state index in [2.05, 4.69) is 31.1 Å². The SMILES string of the molecule is Cc1cccc2sc(Nc3ncnc(NNC(=O)COc4ccccc4)c3[N+](=O)[O-])nc12. The number of anilines is 3. The Morgan fingerprint density at radius 3 is 2.66 bits per heavy atom. The van der Waals surface area contributed by atoms with Crippen molar-refractivity contribution in [2.75, 3.05) is 17.3 Å². The number of hydrazine groups is 1. The molecule has 0 aliphatic carbocycles. The number of nitro groups is 1. The van der Waals surface area contributed by atoms with E-state index in [0.29, 0.717) is 10.9 Å². The molecule has 2 aromatic heterocycles. The number of amides is 1. The highest BCUT2D eigenvalue weighted by molar-refractivity contribution is 7.22. The third-order valence-corrected chi connectivity index (χ3v) is 5.22. The van der Waals surface area contributed by atoms with Gasteiger partial charge < -0.3 is 10.1 Å². The summed E-state index contributed by atoms with van der Waals surface area (Å²) in [5.41, 5.74) is 6.16. The molecule has 0 bridgehead atoms. The zero-order valence-electron chi connectivity index (χ0n) is 16.7. The summed E-state index contributed by atoms with van der Waals surface area (Å²) in [5.74, 6) is -0.261. The summed E-state index contributed by atoms with van der Waals surface area (Å²) in [6.07, 6.45) is 1.14. The van der Waals surface area contributed by atoms with Gasteiger partial charge in [0, 0.05) is 0 Å². The number of hydrogen-bond acceptors (Lipinski definition) is 10. The molecule has 162 valence electrons. The normalized spacial score (nSPS) is 10.5. The van der Waals surface area contributed by atoms with Crippen LogP contribution in [0.3, 0.4) is 0 Å². The summed E-state index contributed by atoms with van der Waals surface area (Å²) in [4.78, 5) is 35.4. The average Bonchev–Trinajstić information content (AvgIpc) is 3.20. The van der Waals surface area contributed by atoms with Gasteiger partial charge in [0.15, 0.2) is 11.7 Å². The molecule has 0 atom stereocenters. The lowest BCUT2D eigenvalue weighted by molar-refractivity contribution is -0.383. The Hall–Kier alpha value is -4.32. The van der Waals surface area contributed by atoms with E-state index in [1.54, 1.807) is 24.3 Å². The molecule has 0 radical (unpaired) electrons. The Labute approximate surface area is 185 Å². The summed E-state index contributed by atoms with van der Waals surface area (Å²) in [7, 11) is 0. The van der Waals surface area contributed by atoms with Gasteiger partial charge in [-0.15, -0.1) is 0 Å². The van der Waals surface area contributed by atoms with Gasteiger partial charge in [0.2, 0.25) is 11.6 Å². The van der Waals surface area contributed by atoms with Crippen LogP contribution in [0.25, 0.3) is 10.2 Å². The number of benzene rings is 2. The lowest BCUT2D eigenvalue weighted by Crippen LogP contribution is -2.34. The van der Waals surface area contributed by atoms with Gasteiger partial charge in [-0.2, -0.15) is 0 Å². The van der Waals surface area contributed by atoms with Crippen LogP contribution in [0.1, 0.15) is 5.56 Å². The van der Waals surface area contributed by atoms with E-state index < -0.39 is 16.5 Å². The van der Waals surface area contributed by atoms with E-state index >= 15 is 0 Å². The van der Waals surface area contributed by atoms with E-state index in [-0.39, 0.29) is 18.2 Å². The molecule has 0 spiro atoms. The van der Waals surface area contributed by atoms with E-state index in [1.165, 1.54) is 11.3 Å². The number of thiazole rings is 1. The van der Waals surface area contributed by atoms with Crippen molar-refractivity contribution in [3.63, 3.8) is 0 Å². The highest BCUT2D eigenvalue weighted by Crippen LogP contribution is 2.34. The minimum atomic E-state index is -0.643. The standard InChI is InChI=1S/C20H17N7O4S/c1-12-6-5-9-14-16(12)23-20(32-14)24-18-17(27(29)30)19(22-11-21-18)26-25-15(28)10-31-13-7-3-2-4-8-13/h2-9,11H,10H2,1H3,(H,25,28)(H2,21,22,23,24,26). The van der Waals surface area contributed by atoms with Crippen LogP contribution < -0.4 is 20.9 Å². The molecular weight excluding hydrogens is 434 g/mol. The zero-order chi connectivity index (χ0) is 22.5. The number of rotatable bonds is 8. The predicted molar refractivity (Wildman–Crippen MR) is 120 cm³/mol. The van der Waals surface area contributed by atoms with Crippen molar-refractivity contribution in [3.05, 3.63) is 70.5 Å². The van der Waals surface area contributed by atoms with Gasteiger partial charge in [-0.05, 0) is 30.7 Å². The fourth-order valence-electron chi connectivity index (χ4n) is 2.81. The highest BCUT2D eigenvalue weighted by atomic mass is 32.1. The number of carbonyl (C=O) groups excluding carboxylic acids is 1. The minimum Gasteiger partial charge on any atom is -0.484 e. The molecule has 1 amide bonds. The molecule has 0 aliphatic rings. The van der Waals surface area contributed by atoms with E-state index in [1.807, 2.05) is 31.2 Å². The van der Waals surface area contributed by atoms with Crippen LogP contribution >= 0.6 is 11.3 Å². The Balaban J connectivity index is 1.48. The number of nitrogens with one attached hydrogen (secondary N) is 3. The Morgan fingerprint density at radius 1 is 1.12 bits per heavy atom. The quantitative estimate of drug-likeness (QED) is 0.270. The molecule has 2 aromatic carbocycles. The number of aryl methyl sites for hydroxylation is 1. The molecular formula is C20H17N7O4S. The second-order valence-corrected chi connectivity index (χ2v) is 7.55. The maximum absolute atomic E-state index is 12.0. The average molecular weight is 451 g/mol. The molecule has 0 aliphatic heterocycles. The first-order valence-corrected chi connectivity index (χ1v) is 10.2. The highest BCUT2D eigenvalue weighted by Gasteiger charge is 2.24. The fourth-order valence-corrected chi connectivity index (χ4v) is 3.75. The zero-order valence-corrected chi connectivity index (χ0v) is 17.5. The molecule has 11 nitrogen and oxygen atoms in total. The van der Waals surface area contributed by atoms with Crippen LogP contribution in [-0.2, 0) is 4.79 Å². The number of hydrogen-bond donors (Lipinski definition) is 3. The van der Waals surface area contributed by atoms with Crippen molar-refractivity contribution in [1.82, 2.24) is 20.4 Å². The van der Waals surface area contributed by atoms with Gasteiger partial charge in [-0.3, -0.25) is 25.8 Å². The van der Waals surface area contributed by atoms with Gasteiger partial charge in [-0.25, -0.2) is 15.0 Å². The van der Waals surface area contributed by atoms with Gasteiger partial charge >= 0.3 is 5.69 Å². The van der Waals surface area contributed by atoms with Crippen LogP contribution in [-0.4, -0.2) is 32.4 Å². The first-order chi connectivity index (χ1) is 15.5. The van der Waals surface area contributed by atoms with Gasteiger partial charge in [-0.1, -0.05) is 41.7 Å². The molecule has 0 saturated carbocycles. The third kappa shape index (κ3) is 4.70. The predicted octanol–water partition coefficient (Wildman–Crippen LogP) is 3.57. The summed E-state index contributed by atoms with van der Waals surface area (Å²) < 4.78 is 6.28. The third-order valence-electron chi connectivity index (χ3n) is 4.28. The lowest BCUT2D eigenvalue weighted by Gasteiger charge is -2.10. The molecule has 2 heterocycles. The van der Waals surface area contributed by atoms with Gasteiger partial charge in [0.1, 0.15) is 12.1 Å². The summed E-state index contributed by atoms with van der Waals surface area (Å²) >= 11 is 1.34. The molecule has 12 heteroatoms. The van der Waals surface area contributed by atoms with Crippen LogP contribution in [0.4, 0.5) is 22.5 Å². The van der Waals surface area contributed by atoms with Gasteiger partial charge in [0.25, 0.3) is 5.91 Å². The topological polar surface area (TPSA) is 144 Å². The molecule has 0 unspecified atom stereocenters. The monoisotopic (exact) mass is 451 g/mol. The Morgan fingerprint density at radius 2 is 1.91 bits per heavy atom. The first kappa shape index (κ1) is 20.9. The maximum Gasteiger partial charge on any atom is 0.355 e. The smallest absolute Gasteiger partial charge is 0.355 e. The van der Waals surface area contributed by atoms with Crippen molar-refractivity contribution >= 4 is 49.9 Å².